The molecular weight excluding hydrogens is 266 g/mol. The Kier molecular flexibility index (Phi) is 4.04. The summed E-state index contributed by atoms with van der Waals surface area (Å²) in [6, 6.07) is 1.95. The highest BCUT2D eigenvalue weighted by Gasteiger charge is 2.36. The van der Waals surface area contributed by atoms with Crippen LogP contribution in [0.3, 0.4) is 0 Å². The summed E-state index contributed by atoms with van der Waals surface area (Å²) in [7, 11) is 0. The third-order valence-electron chi connectivity index (χ3n) is 5.27. The molecule has 1 saturated carbocycles. The zero-order valence-corrected chi connectivity index (χ0v) is 12.8. The number of nitrogens with zero attached hydrogens (tertiary/aromatic N) is 1. The average Bonchev–Trinajstić information content (AvgIpc) is 3.08. The molecule has 116 valence electrons. The van der Waals surface area contributed by atoms with Gasteiger partial charge in [-0.3, -0.25) is 15.1 Å². The molecule has 1 aromatic heterocycles. The van der Waals surface area contributed by atoms with Gasteiger partial charge in [-0.1, -0.05) is 12.8 Å². The fraction of sp³-hybridized carbons (Fsp3) is 0.688. The maximum atomic E-state index is 11.6. The number of hydrogen-bond acceptors (Lipinski definition) is 4. The predicted octanol–water partition coefficient (Wildman–Crippen LogP) is 2.35. The van der Waals surface area contributed by atoms with Crippen LogP contribution in [0.25, 0.3) is 0 Å². The molecule has 0 atom stereocenters. The molecule has 5 nitrogen and oxygen atoms in total. The Bertz CT molecular complexity index is 508. The lowest BCUT2D eigenvalue weighted by Crippen LogP contribution is -2.38. The maximum Gasteiger partial charge on any atom is 0.301 e. The summed E-state index contributed by atoms with van der Waals surface area (Å²) in [5, 5.41) is 0. The lowest BCUT2D eigenvalue weighted by atomic mass is 9.77. The highest BCUT2D eigenvalue weighted by molar-refractivity contribution is 5.92. The van der Waals surface area contributed by atoms with Crippen LogP contribution in [0, 0.1) is 12.3 Å². The van der Waals surface area contributed by atoms with E-state index in [0.29, 0.717) is 11.2 Å². The highest BCUT2D eigenvalue weighted by Crippen LogP contribution is 2.46. The van der Waals surface area contributed by atoms with Gasteiger partial charge in [-0.05, 0) is 57.2 Å². The second-order valence-electron chi connectivity index (χ2n) is 6.68. The second-order valence-corrected chi connectivity index (χ2v) is 6.68. The Balaban J connectivity index is 1.59. The third-order valence-corrected chi connectivity index (χ3v) is 5.27. The number of piperidine rings is 1. The van der Waals surface area contributed by atoms with Crippen LogP contribution in [-0.4, -0.2) is 23.9 Å². The first-order chi connectivity index (χ1) is 10.1. The van der Waals surface area contributed by atoms with Gasteiger partial charge in [-0.25, -0.2) is 5.84 Å². The Hall–Kier alpha value is -1.33. The predicted molar refractivity (Wildman–Crippen MR) is 80.5 cm³/mol. The van der Waals surface area contributed by atoms with Crippen molar-refractivity contribution in [3.05, 3.63) is 23.2 Å². The number of rotatable bonds is 3. The number of aryl methyl sites for hydroxylation is 1. The molecule has 2 fully saturated rings. The topological polar surface area (TPSA) is 71.5 Å². The summed E-state index contributed by atoms with van der Waals surface area (Å²) >= 11 is 0. The molecule has 3 rings (SSSR count). The van der Waals surface area contributed by atoms with Gasteiger partial charge in [-0.2, -0.15) is 0 Å². The maximum absolute atomic E-state index is 11.6. The van der Waals surface area contributed by atoms with E-state index >= 15 is 0 Å². The van der Waals surface area contributed by atoms with Crippen LogP contribution in [-0.2, 0) is 6.54 Å². The number of carbonyl (C=O) groups excluding carboxylic acids is 1. The Morgan fingerprint density at radius 1 is 1.33 bits per heavy atom. The first-order valence-corrected chi connectivity index (χ1v) is 7.94. The van der Waals surface area contributed by atoms with Crippen molar-refractivity contribution in [3.63, 3.8) is 0 Å². The lowest BCUT2D eigenvalue weighted by Gasteiger charge is -2.39. The van der Waals surface area contributed by atoms with Crippen molar-refractivity contribution in [2.45, 2.75) is 52.0 Å². The van der Waals surface area contributed by atoms with Crippen molar-refractivity contribution < 1.29 is 9.21 Å². The minimum atomic E-state index is -0.359. The van der Waals surface area contributed by atoms with Crippen LogP contribution < -0.4 is 11.3 Å². The number of nitrogens with one attached hydrogen (secondary N) is 1. The zero-order valence-electron chi connectivity index (χ0n) is 12.8. The first kappa shape index (κ1) is 14.6. The third kappa shape index (κ3) is 2.99. The van der Waals surface area contributed by atoms with Gasteiger partial charge in [0.15, 0.2) is 5.76 Å². The molecule has 0 unspecified atom stereocenters. The van der Waals surface area contributed by atoms with Gasteiger partial charge < -0.3 is 4.42 Å². The van der Waals surface area contributed by atoms with E-state index in [4.69, 9.17) is 10.3 Å². The van der Waals surface area contributed by atoms with E-state index in [1.165, 1.54) is 38.5 Å². The molecule has 1 amide bonds. The second kappa shape index (κ2) is 5.81. The van der Waals surface area contributed by atoms with Crippen molar-refractivity contribution in [1.82, 2.24) is 10.3 Å². The summed E-state index contributed by atoms with van der Waals surface area (Å²) in [4.78, 5) is 14.0. The quantitative estimate of drug-likeness (QED) is 0.509. The summed E-state index contributed by atoms with van der Waals surface area (Å²) in [5.41, 5.74) is 3.61. The van der Waals surface area contributed by atoms with Crippen molar-refractivity contribution in [1.29, 1.82) is 0 Å². The smallest absolute Gasteiger partial charge is 0.301 e. The van der Waals surface area contributed by atoms with Crippen LogP contribution in [0.2, 0.25) is 0 Å². The molecule has 21 heavy (non-hydrogen) atoms. The number of hydrogen-bond donors (Lipinski definition) is 2. The van der Waals surface area contributed by atoms with E-state index < -0.39 is 0 Å². The number of amides is 1. The van der Waals surface area contributed by atoms with Gasteiger partial charge in [-0.15, -0.1) is 0 Å². The molecule has 2 heterocycles. The van der Waals surface area contributed by atoms with Gasteiger partial charge in [0.25, 0.3) is 0 Å². The van der Waals surface area contributed by atoms with Gasteiger partial charge >= 0.3 is 5.91 Å². The first-order valence-electron chi connectivity index (χ1n) is 7.94. The van der Waals surface area contributed by atoms with E-state index in [-0.39, 0.29) is 5.91 Å². The van der Waals surface area contributed by atoms with Crippen molar-refractivity contribution in [2.75, 3.05) is 13.1 Å². The van der Waals surface area contributed by atoms with Crippen LogP contribution in [0.5, 0.6) is 0 Å². The van der Waals surface area contributed by atoms with Gasteiger partial charge in [0.1, 0.15) is 5.76 Å². The normalized spacial score (nSPS) is 21.8. The molecule has 1 aliphatic heterocycles. The average molecular weight is 291 g/mol. The number of nitrogen functional groups attached to an aromatic ring is 1. The lowest BCUT2D eigenvalue weighted by molar-refractivity contribution is 0.0899. The number of nitrogens with two attached hydrogens (primary N) is 1. The minimum Gasteiger partial charge on any atom is -0.454 e. The summed E-state index contributed by atoms with van der Waals surface area (Å²) in [6.45, 7) is 4.94. The van der Waals surface area contributed by atoms with E-state index in [1.54, 1.807) is 0 Å². The van der Waals surface area contributed by atoms with Gasteiger partial charge in [0.05, 0.1) is 6.54 Å². The van der Waals surface area contributed by atoms with Crippen molar-refractivity contribution in [2.24, 2.45) is 11.3 Å². The standard InChI is InChI=1S/C16H25N3O2/c1-12-10-13(21-14(12)15(20)18-17)11-19-8-6-16(7-9-19)4-2-3-5-16/h10H,2-9,11,17H2,1H3,(H,18,20). The largest absolute Gasteiger partial charge is 0.454 e. The van der Waals surface area contributed by atoms with Gasteiger partial charge in [0.2, 0.25) is 0 Å². The van der Waals surface area contributed by atoms with Crippen LogP contribution >= 0.6 is 0 Å². The molecule has 1 saturated heterocycles. The van der Waals surface area contributed by atoms with Crippen molar-refractivity contribution in [3.8, 4) is 0 Å². The Labute approximate surface area is 125 Å². The zero-order chi connectivity index (χ0) is 14.9. The molecule has 0 bridgehead atoms. The number of hydrazine groups is 1. The highest BCUT2D eigenvalue weighted by atomic mass is 16.4. The molecule has 0 aromatic carbocycles. The van der Waals surface area contributed by atoms with E-state index in [2.05, 4.69) is 10.3 Å². The summed E-state index contributed by atoms with van der Waals surface area (Å²) < 4.78 is 5.65. The number of furan rings is 1. The Morgan fingerprint density at radius 3 is 2.62 bits per heavy atom. The molecule has 5 heteroatoms. The van der Waals surface area contributed by atoms with Crippen LogP contribution in [0.1, 0.15) is 60.4 Å². The molecule has 2 aliphatic rings. The Morgan fingerprint density at radius 2 is 2.00 bits per heavy atom. The van der Waals surface area contributed by atoms with Crippen molar-refractivity contribution >= 4 is 5.91 Å². The minimum absolute atomic E-state index is 0.330. The van der Waals surface area contributed by atoms with Crippen LogP contribution in [0.15, 0.2) is 10.5 Å². The molecule has 1 aliphatic carbocycles. The number of likely N-dealkylation sites (tertiary alicyclic amines) is 1. The molecule has 3 N–H and O–H groups in total. The van der Waals surface area contributed by atoms with Crippen LogP contribution in [0.4, 0.5) is 0 Å². The van der Waals surface area contributed by atoms with Gasteiger partial charge in [0, 0.05) is 5.56 Å². The van der Waals surface area contributed by atoms with E-state index in [1.807, 2.05) is 13.0 Å². The fourth-order valence-corrected chi connectivity index (χ4v) is 3.95. The SMILES string of the molecule is Cc1cc(CN2CCC3(CCCC3)CC2)oc1C(=O)NN. The monoisotopic (exact) mass is 291 g/mol. The van der Waals surface area contributed by atoms with E-state index in [0.717, 1.165) is 31.0 Å². The molecule has 0 radical (unpaired) electrons. The fourth-order valence-electron chi connectivity index (χ4n) is 3.95. The number of carbonyl (C=O) groups is 1. The molecule has 1 aromatic rings. The van der Waals surface area contributed by atoms with E-state index in [9.17, 15) is 4.79 Å². The molecular formula is C16H25N3O2. The summed E-state index contributed by atoms with van der Waals surface area (Å²) in [6.07, 6.45) is 8.28. The molecule has 1 spiro atoms. The summed E-state index contributed by atoms with van der Waals surface area (Å²) in [5.74, 6) is 5.99.